The molecule has 0 spiro atoms. The van der Waals surface area contributed by atoms with Crippen LogP contribution in [-0.2, 0) is 12.8 Å². The minimum absolute atomic E-state index is 1.03. The number of fused-ring (bicyclic) bond motifs is 1. The molecule has 16 heavy (non-hydrogen) atoms. The van der Waals surface area contributed by atoms with Crippen LogP contribution in [0, 0.1) is 0 Å². The van der Waals surface area contributed by atoms with Crippen molar-refractivity contribution >= 4 is 5.82 Å². The van der Waals surface area contributed by atoms with Crippen LogP contribution >= 0.6 is 0 Å². The second kappa shape index (κ2) is 5.30. The number of aromatic nitrogens is 1. The van der Waals surface area contributed by atoms with E-state index in [4.69, 9.17) is 0 Å². The van der Waals surface area contributed by atoms with Crippen LogP contribution in [0.25, 0.3) is 0 Å². The summed E-state index contributed by atoms with van der Waals surface area (Å²) in [4.78, 5) is 6.97. The summed E-state index contributed by atoms with van der Waals surface area (Å²) in [7, 11) is 2.00. The molecule has 0 saturated carbocycles. The molecule has 2 rings (SSSR count). The Hall–Kier alpha value is -1.09. The molecule has 0 bridgehead atoms. The molecule has 0 saturated heterocycles. The number of hydrogen-bond acceptors (Lipinski definition) is 3. The summed E-state index contributed by atoms with van der Waals surface area (Å²) >= 11 is 0. The Bertz CT molecular complexity index is 349. The minimum Gasteiger partial charge on any atom is -0.355 e. The highest BCUT2D eigenvalue weighted by molar-refractivity contribution is 5.52. The Morgan fingerprint density at radius 2 is 2.38 bits per heavy atom. The quantitative estimate of drug-likeness (QED) is 0.834. The molecule has 1 aliphatic rings. The van der Waals surface area contributed by atoms with E-state index in [1.807, 2.05) is 13.2 Å². The van der Waals surface area contributed by atoms with Gasteiger partial charge in [0.1, 0.15) is 5.82 Å². The first-order valence-corrected chi connectivity index (χ1v) is 6.23. The van der Waals surface area contributed by atoms with E-state index in [0.29, 0.717) is 0 Å². The zero-order chi connectivity index (χ0) is 11.4. The van der Waals surface area contributed by atoms with Gasteiger partial charge in [-0.25, -0.2) is 4.98 Å². The fraction of sp³-hybridized carbons (Fsp3) is 0.615. The number of rotatable bonds is 4. The van der Waals surface area contributed by atoms with Gasteiger partial charge < -0.3 is 10.2 Å². The SMILES string of the molecule is CCc1ccnc2c1CCCN2CCNC. The number of aryl methyl sites for hydroxylation is 1. The number of anilines is 1. The van der Waals surface area contributed by atoms with Gasteiger partial charge in [0.2, 0.25) is 0 Å². The molecule has 0 radical (unpaired) electrons. The van der Waals surface area contributed by atoms with Crippen LogP contribution in [0.15, 0.2) is 12.3 Å². The van der Waals surface area contributed by atoms with E-state index < -0.39 is 0 Å². The maximum absolute atomic E-state index is 4.56. The monoisotopic (exact) mass is 219 g/mol. The average Bonchev–Trinajstić information content (AvgIpc) is 2.35. The Kier molecular flexibility index (Phi) is 3.78. The van der Waals surface area contributed by atoms with E-state index >= 15 is 0 Å². The second-order valence-electron chi connectivity index (χ2n) is 4.32. The molecule has 0 atom stereocenters. The Labute approximate surface area is 97.9 Å². The molecule has 1 aromatic rings. The van der Waals surface area contributed by atoms with Gasteiger partial charge in [0.25, 0.3) is 0 Å². The standard InChI is InChI=1S/C13H21N3/c1-3-11-6-7-15-13-12(11)5-4-9-16(13)10-8-14-2/h6-7,14H,3-5,8-10H2,1-2H3. The van der Waals surface area contributed by atoms with E-state index in [9.17, 15) is 0 Å². The van der Waals surface area contributed by atoms with Crippen LogP contribution in [0.3, 0.4) is 0 Å². The van der Waals surface area contributed by atoms with Crippen molar-refractivity contribution in [3.63, 3.8) is 0 Å². The highest BCUT2D eigenvalue weighted by Gasteiger charge is 2.19. The number of hydrogen-bond donors (Lipinski definition) is 1. The molecule has 1 aromatic heterocycles. The third-order valence-electron chi connectivity index (χ3n) is 3.30. The predicted octanol–water partition coefficient (Wildman–Crippen LogP) is 1.62. The maximum Gasteiger partial charge on any atom is 0.132 e. The van der Waals surface area contributed by atoms with E-state index in [-0.39, 0.29) is 0 Å². The third kappa shape index (κ3) is 2.19. The molecule has 0 unspecified atom stereocenters. The highest BCUT2D eigenvalue weighted by atomic mass is 15.2. The first-order chi connectivity index (χ1) is 7.86. The number of nitrogens with zero attached hydrogens (tertiary/aromatic N) is 2. The largest absolute Gasteiger partial charge is 0.355 e. The van der Waals surface area contributed by atoms with Gasteiger partial charge in [-0.3, -0.25) is 0 Å². The second-order valence-corrected chi connectivity index (χ2v) is 4.32. The van der Waals surface area contributed by atoms with Crippen molar-refractivity contribution in [2.45, 2.75) is 26.2 Å². The van der Waals surface area contributed by atoms with Crippen molar-refractivity contribution in [1.29, 1.82) is 0 Å². The molecule has 0 aliphatic carbocycles. The van der Waals surface area contributed by atoms with Gasteiger partial charge in [0, 0.05) is 25.8 Å². The Balaban J connectivity index is 2.24. The lowest BCUT2D eigenvalue weighted by molar-refractivity contribution is 0.651. The molecule has 88 valence electrons. The van der Waals surface area contributed by atoms with Gasteiger partial charge in [0.05, 0.1) is 0 Å². The van der Waals surface area contributed by atoms with Gasteiger partial charge in [-0.2, -0.15) is 0 Å². The molecule has 1 N–H and O–H groups in total. The topological polar surface area (TPSA) is 28.2 Å². The van der Waals surface area contributed by atoms with Gasteiger partial charge >= 0.3 is 0 Å². The first kappa shape index (κ1) is 11.4. The molecule has 2 heterocycles. The first-order valence-electron chi connectivity index (χ1n) is 6.23. The molecule has 3 nitrogen and oxygen atoms in total. The zero-order valence-electron chi connectivity index (χ0n) is 10.3. The fourth-order valence-corrected chi connectivity index (χ4v) is 2.41. The minimum atomic E-state index is 1.03. The molecule has 0 amide bonds. The van der Waals surface area contributed by atoms with E-state index in [1.54, 1.807) is 0 Å². The van der Waals surface area contributed by atoms with E-state index in [2.05, 4.69) is 28.2 Å². The van der Waals surface area contributed by atoms with Crippen molar-refractivity contribution < 1.29 is 0 Å². The third-order valence-corrected chi connectivity index (χ3v) is 3.30. The number of nitrogens with one attached hydrogen (secondary N) is 1. The number of likely N-dealkylation sites (N-methyl/N-ethyl adjacent to an activating group) is 1. The highest BCUT2D eigenvalue weighted by Crippen LogP contribution is 2.27. The van der Waals surface area contributed by atoms with Crippen LogP contribution < -0.4 is 10.2 Å². The van der Waals surface area contributed by atoms with Gasteiger partial charge in [-0.15, -0.1) is 0 Å². The van der Waals surface area contributed by atoms with Gasteiger partial charge in [-0.05, 0) is 43.5 Å². The summed E-state index contributed by atoms with van der Waals surface area (Å²) in [6.45, 7) is 5.46. The predicted molar refractivity (Wildman–Crippen MR) is 68.1 cm³/mol. The molecular weight excluding hydrogens is 198 g/mol. The Morgan fingerprint density at radius 3 is 3.12 bits per heavy atom. The maximum atomic E-state index is 4.56. The average molecular weight is 219 g/mol. The van der Waals surface area contributed by atoms with Crippen molar-refractivity contribution in [2.24, 2.45) is 0 Å². The van der Waals surface area contributed by atoms with Crippen molar-refractivity contribution in [3.05, 3.63) is 23.4 Å². The summed E-state index contributed by atoms with van der Waals surface area (Å²) in [5.74, 6) is 1.22. The Morgan fingerprint density at radius 1 is 1.50 bits per heavy atom. The van der Waals surface area contributed by atoms with Crippen LogP contribution in [0.5, 0.6) is 0 Å². The lowest BCUT2D eigenvalue weighted by atomic mass is 9.98. The summed E-state index contributed by atoms with van der Waals surface area (Å²) in [6, 6.07) is 2.17. The van der Waals surface area contributed by atoms with Crippen molar-refractivity contribution in [2.75, 3.05) is 31.6 Å². The van der Waals surface area contributed by atoms with E-state index in [1.165, 1.54) is 29.8 Å². The lowest BCUT2D eigenvalue weighted by Gasteiger charge is -2.31. The van der Waals surface area contributed by atoms with Gasteiger partial charge in [0.15, 0.2) is 0 Å². The zero-order valence-corrected chi connectivity index (χ0v) is 10.3. The van der Waals surface area contributed by atoms with Crippen molar-refractivity contribution in [3.8, 4) is 0 Å². The summed E-state index contributed by atoms with van der Waals surface area (Å²) < 4.78 is 0. The van der Waals surface area contributed by atoms with Crippen LogP contribution in [0.1, 0.15) is 24.5 Å². The van der Waals surface area contributed by atoms with Crippen LogP contribution in [0.2, 0.25) is 0 Å². The van der Waals surface area contributed by atoms with E-state index in [0.717, 1.165) is 26.1 Å². The summed E-state index contributed by atoms with van der Waals surface area (Å²) in [5, 5.41) is 3.20. The van der Waals surface area contributed by atoms with Crippen LogP contribution in [-0.4, -0.2) is 31.7 Å². The smallest absolute Gasteiger partial charge is 0.132 e. The summed E-state index contributed by atoms with van der Waals surface area (Å²) in [5.41, 5.74) is 2.95. The normalized spacial score (nSPS) is 15.0. The fourth-order valence-electron chi connectivity index (χ4n) is 2.41. The van der Waals surface area contributed by atoms with Gasteiger partial charge in [-0.1, -0.05) is 6.92 Å². The molecule has 0 aromatic carbocycles. The molecule has 0 fully saturated rings. The molecule has 1 aliphatic heterocycles. The molecular formula is C13H21N3. The lowest BCUT2D eigenvalue weighted by Crippen LogP contribution is -2.35. The summed E-state index contributed by atoms with van der Waals surface area (Å²) in [6.07, 6.45) is 5.53. The van der Waals surface area contributed by atoms with Crippen LogP contribution in [0.4, 0.5) is 5.82 Å². The molecule has 3 heteroatoms. The number of pyridine rings is 1. The van der Waals surface area contributed by atoms with Crippen molar-refractivity contribution in [1.82, 2.24) is 10.3 Å².